The van der Waals surface area contributed by atoms with E-state index < -0.39 is 0 Å². The summed E-state index contributed by atoms with van der Waals surface area (Å²) in [6, 6.07) is 10.0. The summed E-state index contributed by atoms with van der Waals surface area (Å²) >= 11 is 0. The number of aryl methyl sites for hydroxylation is 1. The van der Waals surface area contributed by atoms with Crippen molar-refractivity contribution in [2.45, 2.75) is 32.2 Å². The number of nitrogens with zero attached hydrogens (tertiary/aromatic N) is 5. The first kappa shape index (κ1) is 19.6. The standard InChI is InChI=1S/C21H28N6O2/c28-19(9-8-17-6-2-1-3-7-17)22-16-18-23-20(26-10-4-5-11-26)25-21(24-18)27-12-14-29-15-13-27/h1-3,6-7H,4-5,8-16H2,(H,22,28). The zero-order valence-corrected chi connectivity index (χ0v) is 16.7. The minimum atomic E-state index is 0.00455. The van der Waals surface area contributed by atoms with E-state index >= 15 is 0 Å². The molecule has 0 bridgehead atoms. The average molecular weight is 396 g/mol. The Morgan fingerprint density at radius 3 is 2.28 bits per heavy atom. The van der Waals surface area contributed by atoms with Crippen molar-refractivity contribution in [2.75, 3.05) is 49.2 Å². The van der Waals surface area contributed by atoms with Gasteiger partial charge in [-0.3, -0.25) is 4.79 Å². The van der Waals surface area contributed by atoms with Gasteiger partial charge in [0.1, 0.15) is 0 Å². The number of hydrogen-bond donors (Lipinski definition) is 1. The number of anilines is 2. The molecular weight excluding hydrogens is 368 g/mol. The summed E-state index contributed by atoms with van der Waals surface area (Å²) in [7, 11) is 0. The first-order valence-corrected chi connectivity index (χ1v) is 10.4. The molecule has 8 nitrogen and oxygen atoms in total. The van der Waals surface area contributed by atoms with E-state index in [1.54, 1.807) is 0 Å². The molecule has 0 radical (unpaired) electrons. The number of aromatic nitrogens is 3. The SMILES string of the molecule is O=C(CCc1ccccc1)NCc1nc(N2CCCC2)nc(N2CCOCC2)n1. The van der Waals surface area contributed by atoms with E-state index in [9.17, 15) is 4.79 Å². The van der Waals surface area contributed by atoms with Crippen LogP contribution >= 0.6 is 0 Å². The molecule has 0 spiro atoms. The average Bonchev–Trinajstić information content (AvgIpc) is 3.32. The molecule has 1 aromatic heterocycles. The van der Waals surface area contributed by atoms with Crippen LogP contribution in [-0.2, 0) is 22.5 Å². The summed E-state index contributed by atoms with van der Waals surface area (Å²) in [6.07, 6.45) is 3.49. The van der Waals surface area contributed by atoms with Crippen molar-refractivity contribution in [1.29, 1.82) is 0 Å². The van der Waals surface area contributed by atoms with Gasteiger partial charge in [0.15, 0.2) is 5.82 Å². The van der Waals surface area contributed by atoms with Crippen LogP contribution in [0.4, 0.5) is 11.9 Å². The van der Waals surface area contributed by atoms with Gasteiger partial charge in [0.2, 0.25) is 17.8 Å². The van der Waals surface area contributed by atoms with Gasteiger partial charge in [0.05, 0.1) is 19.8 Å². The number of benzene rings is 1. The predicted octanol–water partition coefficient (Wildman–Crippen LogP) is 1.56. The molecule has 4 rings (SSSR count). The molecule has 2 aliphatic rings. The molecule has 1 amide bonds. The third-order valence-corrected chi connectivity index (χ3v) is 5.27. The molecule has 2 fully saturated rings. The van der Waals surface area contributed by atoms with Gasteiger partial charge >= 0.3 is 0 Å². The zero-order chi connectivity index (χ0) is 19.9. The van der Waals surface area contributed by atoms with Gasteiger partial charge in [-0.2, -0.15) is 15.0 Å². The Hall–Kier alpha value is -2.74. The number of morpholine rings is 1. The van der Waals surface area contributed by atoms with E-state index in [1.165, 1.54) is 0 Å². The fourth-order valence-electron chi connectivity index (χ4n) is 3.61. The monoisotopic (exact) mass is 396 g/mol. The Kier molecular flexibility index (Phi) is 6.51. The molecule has 0 unspecified atom stereocenters. The highest BCUT2D eigenvalue weighted by Crippen LogP contribution is 2.19. The van der Waals surface area contributed by atoms with Gasteiger partial charge in [0, 0.05) is 32.6 Å². The summed E-state index contributed by atoms with van der Waals surface area (Å²) in [6.45, 7) is 5.14. The van der Waals surface area contributed by atoms with Gasteiger partial charge in [-0.25, -0.2) is 0 Å². The fraction of sp³-hybridized carbons (Fsp3) is 0.524. The molecule has 0 aliphatic carbocycles. The van der Waals surface area contributed by atoms with Crippen LogP contribution in [0.2, 0.25) is 0 Å². The van der Waals surface area contributed by atoms with Crippen LogP contribution in [-0.4, -0.2) is 60.3 Å². The Morgan fingerprint density at radius 2 is 1.59 bits per heavy atom. The molecule has 29 heavy (non-hydrogen) atoms. The van der Waals surface area contributed by atoms with Gasteiger partial charge < -0.3 is 19.9 Å². The van der Waals surface area contributed by atoms with Gasteiger partial charge in [-0.05, 0) is 24.8 Å². The van der Waals surface area contributed by atoms with Crippen LogP contribution in [0.3, 0.4) is 0 Å². The van der Waals surface area contributed by atoms with Gasteiger partial charge in [0.25, 0.3) is 0 Å². The number of hydrogen-bond acceptors (Lipinski definition) is 7. The number of rotatable bonds is 7. The Balaban J connectivity index is 1.41. The van der Waals surface area contributed by atoms with Crippen molar-refractivity contribution in [2.24, 2.45) is 0 Å². The quantitative estimate of drug-likeness (QED) is 0.760. The van der Waals surface area contributed by atoms with E-state index in [-0.39, 0.29) is 5.91 Å². The highest BCUT2D eigenvalue weighted by atomic mass is 16.5. The summed E-state index contributed by atoms with van der Waals surface area (Å²) in [4.78, 5) is 30.6. The number of carbonyl (C=O) groups excluding carboxylic acids is 1. The van der Waals surface area contributed by atoms with Gasteiger partial charge in [-0.1, -0.05) is 30.3 Å². The number of carbonyl (C=O) groups is 1. The first-order chi connectivity index (χ1) is 14.3. The van der Waals surface area contributed by atoms with Gasteiger partial charge in [-0.15, -0.1) is 0 Å². The topological polar surface area (TPSA) is 83.5 Å². The van der Waals surface area contributed by atoms with Crippen molar-refractivity contribution >= 4 is 17.8 Å². The third-order valence-electron chi connectivity index (χ3n) is 5.27. The van der Waals surface area contributed by atoms with Crippen molar-refractivity contribution in [3.05, 3.63) is 41.7 Å². The molecule has 3 heterocycles. The van der Waals surface area contributed by atoms with E-state index in [4.69, 9.17) is 9.72 Å². The highest BCUT2D eigenvalue weighted by Gasteiger charge is 2.21. The van der Waals surface area contributed by atoms with Crippen LogP contribution in [0.25, 0.3) is 0 Å². The normalized spacial score (nSPS) is 16.8. The van der Waals surface area contributed by atoms with Crippen LogP contribution in [0, 0.1) is 0 Å². The second kappa shape index (κ2) is 9.65. The van der Waals surface area contributed by atoms with Crippen molar-refractivity contribution in [3.63, 3.8) is 0 Å². The van der Waals surface area contributed by atoms with Crippen molar-refractivity contribution < 1.29 is 9.53 Å². The Morgan fingerprint density at radius 1 is 0.931 bits per heavy atom. The lowest BCUT2D eigenvalue weighted by atomic mass is 10.1. The third kappa shape index (κ3) is 5.41. The number of ether oxygens (including phenoxy) is 1. The lowest BCUT2D eigenvalue weighted by Crippen LogP contribution is -2.38. The van der Waals surface area contributed by atoms with Crippen molar-refractivity contribution in [1.82, 2.24) is 20.3 Å². The van der Waals surface area contributed by atoms with E-state index in [2.05, 4.69) is 25.1 Å². The smallest absolute Gasteiger partial charge is 0.230 e. The van der Waals surface area contributed by atoms with E-state index in [0.717, 1.165) is 51.0 Å². The molecule has 1 aromatic carbocycles. The first-order valence-electron chi connectivity index (χ1n) is 10.4. The molecule has 1 N–H and O–H groups in total. The number of nitrogens with one attached hydrogen (secondary N) is 1. The second-order valence-electron chi connectivity index (χ2n) is 7.41. The summed E-state index contributed by atoms with van der Waals surface area (Å²) < 4.78 is 5.44. The Labute approximate surface area is 171 Å². The molecule has 2 aliphatic heterocycles. The zero-order valence-electron chi connectivity index (χ0n) is 16.7. The molecular formula is C21H28N6O2. The minimum Gasteiger partial charge on any atom is -0.378 e. The van der Waals surface area contributed by atoms with E-state index in [0.29, 0.717) is 43.9 Å². The van der Waals surface area contributed by atoms with Crippen LogP contribution in [0.5, 0.6) is 0 Å². The number of amides is 1. The summed E-state index contributed by atoms with van der Waals surface area (Å²) in [5.74, 6) is 2.01. The van der Waals surface area contributed by atoms with Crippen LogP contribution < -0.4 is 15.1 Å². The van der Waals surface area contributed by atoms with Crippen LogP contribution in [0.15, 0.2) is 30.3 Å². The maximum absolute atomic E-state index is 12.3. The lowest BCUT2D eigenvalue weighted by molar-refractivity contribution is -0.121. The summed E-state index contributed by atoms with van der Waals surface area (Å²) in [5, 5.41) is 2.96. The maximum Gasteiger partial charge on any atom is 0.230 e. The van der Waals surface area contributed by atoms with Crippen LogP contribution in [0.1, 0.15) is 30.7 Å². The largest absolute Gasteiger partial charge is 0.378 e. The lowest BCUT2D eigenvalue weighted by Gasteiger charge is -2.28. The fourth-order valence-corrected chi connectivity index (χ4v) is 3.61. The maximum atomic E-state index is 12.3. The molecule has 2 saturated heterocycles. The molecule has 154 valence electrons. The van der Waals surface area contributed by atoms with Crippen molar-refractivity contribution in [3.8, 4) is 0 Å². The predicted molar refractivity (Wildman–Crippen MR) is 111 cm³/mol. The molecule has 0 atom stereocenters. The van der Waals surface area contributed by atoms with E-state index in [1.807, 2.05) is 30.3 Å². The molecule has 2 aromatic rings. The Bertz CT molecular complexity index is 804. The second-order valence-corrected chi connectivity index (χ2v) is 7.41. The highest BCUT2D eigenvalue weighted by molar-refractivity contribution is 5.76. The molecule has 8 heteroatoms. The minimum absolute atomic E-state index is 0.00455. The summed E-state index contributed by atoms with van der Waals surface area (Å²) in [5.41, 5.74) is 1.16. The molecule has 0 saturated carbocycles.